The molecule has 1 N–H and O–H groups in total. The van der Waals surface area contributed by atoms with Crippen molar-refractivity contribution in [3.63, 3.8) is 0 Å². The Bertz CT molecular complexity index is 621. The maximum absolute atomic E-state index is 5.60. The summed E-state index contributed by atoms with van der Waals surface area (Å²) in [5.41, 5.74) is 2.91. The summed E-state index contributed by atoms with van der Waals surface area (Å²) in [6.45, 7) is 4.73. The van der Waals surface area contributed by atoms with Gasteiger partial charge in [-0.3, -0.25) is 0 Å². The highest BCUT2D eigenvalue weighted by molar-refractivity contribution is 9.10. The van der Waals surface area contributed by atoms with Crippen molar-refractivity contribution in [1.82, 2.24) is 4.98 Å². The molecule has 0 unspecified atom stereocenters. The van der Waals surface area contributed by atoms with Gasteiger partial charge in [0, 0.05) is 35.8 Å². The molecule has 0 spiro atoms. The van der Waals surface area contributed by atoms with E-state index in [0.29, 0.717) is 0 Å². The summed E-state index contributed by atoms with van der Waals surface area (Å²) in [7, 11) is 0. The quantitative estimate of drug-likeness (QED) is 0.881. The Labute approximate surface area is 140 Å². The van der Waals surface area contributed by atoms with Crippen LogP contribution in [0.15, 0.2) is 47.1 Å². The molecule has 22 heavy (non-hydrogen) atoms. The van der Waals surface area contributed by atoms with Gasteiger partial charge in [0.15, 0.2) is 0 Å². The Morgan fingerprint density at radius 3 is 2.64 bits per heavy atom. The van der Waals surface area contributed by atoms with E-state index >= 15 is 0 Å². The van der Waals surface area contributed by atoms with Gasteiger partial charge >= 0.3 is 0 Å². The first kappa shape index (κ1) is 15.5. The van der Waals surface area contributed by atoms with E-state index in [2.05, 4.69) is 57.4 Å². The predicted molar refractivity (Wildman–Crippen MR) is 93.3 cm³/mol. The lowest BCUT2D eigenvalue weighted by atomic mass is 9.72. The Balaban J connectivity index is 1.83. The van der Waals surface area contributed by atoms with Crippen LogP contribution in [0.4, 0.5) is 5.82 Å². The number of rotatable bonds is 4. The van der Waals surface area contributed by atoms with E-state index in [1.54, 1.807) is 0 Å². The molecule has 2 heterocycles. The number of hydrogen-bond donors (Lipinski definition) is 1. The van der Waals surface area contributed by atoms with E-state index in [-0.39, 0.29) is 5.41 Å². The molecule has 3 nitrogen and oxygen atoms in total. The number of nitrogens with one attached hydrogen (secondary N) is 1. The topological polar surface area (TPSA) is 34.2 Å². The minimum Gasteiger partial charge on any atom is -0.381 e. The third-order valence-electron chi connectivity index (χ3n) is 4.50. The standard InChI is InChI=1S/C18H21BrN2O/c1-14-4-2-3-5-16(14)18(8-10-22-11-9-18)13-21-17-7-6-15(19)12-20-17/h2-7,12H,8-11,13H2,1H3,(H,20,21). The Kier molecular flexibility index (Phi) is 4.79. The lowest BCUT2D eigenvalue weighted by Crippen LogP contribution is -2.40. The first-order valence-electron chi connectivity index (χ1n) is 7.69. The Hall–Kier alpha value is -1.39. The molecule has 1 fully saturated rings. The van der Waals surface area contributed by atoms with Crippen LogP contribution >= 0.6 is 15.9 Å². The van der Waals surface area contributed by atoms with Gasteiger partial charge in [0.05, 0.1) is 0 Å². The fourth-order valence-electron chi connectivity index (χ4n) is 3.21. The molecule has 1 aromatic heterocycles. The molecule has 2 aromatic rings. The molecule has 1 saturated heterocycles. The van der Waals surface area contributed by atoms with Gasteiger partial charge in [0.25, 0.3) is 0 Å². The van der Waals surface area contributed by atoms with E-state index in [1.807, 2.05) is 18.3 Å². The molecule has 0 aliphatic carbocycles. The molecule has 0 saturated carbocycles. The molecule has 4 heteroatoms. The van der Waals surface area contributed by atoms with E-state index in [0.717, 1.165) is 42.9 Å². The summed E-state index contributed by atoms with van der Waals surface area (Å²) in [6.07, 6.45) is 3.91. The minimum atomic E-state index is 0.123. The van der Waals surface area contributed by atoms with Crippen LogP contribution in [0.2, 0.25) is 0 Å². The van der Waals surface area contributed by atoms with E-state index in [9.17, 15) is 0 Å². The summed E-state index contributed by atoms with van der Waals surface area (Å²) in [6, 6.07) is 12.7. The minimum absolute atomic E-state index is 0.123. The van der Waals surface area contributed by atoms with Gasteiger partial charge in [-0.15, -0.1) is 0 Å². The summed E-state index contributed by atoms with van der Waals surface area (Å²) < 4.78 is 6.60. The maximum atomic E-state index is 5.60. The van der Waals surface area contributed by atoms with Crippen molar-refractivity contribution >= 4 is 21.7 Å². The van der Waals surface area contributed by atoms with Crippen molar-refractivity contribution < 1.29 is 4.74 Å². The number of benzene rings is 1. The smallest absolute Gasteiger partial charge is 0.125 e. The SMILES string of the molecule is Cc1ccccc1C1(CNc2ccc(Br)cn2)CCOCC1. The number of anilines is 1. The van der Waals surface area contributed by atoms with Gasteiger partial charge in [0.2, 0.25) is 0 Å². The van der Waals surface area contributed by atoms with Gasteiger partial charge in [-0.2, -0.15) is 0 Å². The zero-order valence-corrected chi connectivity index (χ0v) is 14.4. The van der Waals surface area contributed by atoms with Crippen molar-refractivity contribution in [2.75, 3.05) is 25.1 Å². The molecule has 1 aliphatic rings. The monoisotopic (exact) mass is 360 g/mol. The molecule has 0 amide bonds. The number of pyridine rings is 1. The van der Waals surface area contributed by atoms with Crippen LogP contribution in [0.1, 0.15) is 24.0 Å². The van der Waals surface area contributed by atoms with Crippen molar-refractivity contribution in [3.05, 3.63) is 58.2 Å². The molecule has 116 valence electrons. The van der Waals surface area contributed by atoms with Crippen LogP contribution in [0.5, 0.6) is 0 Å². The van der Waals surface area contributed by atoms with Crippen molar-refractivity contribution in [2.24, 2.45) is 0 Å². The first-order valence-corrected chi connectivity index (χ1v) is 8.48. The normalized spacial score (nSPS) is 17.2. The molecule has 0 atom stereocenters. The van der Waals surface area contributed by atoms with Crippen LogP contribution in [0, 0.1) is 6.92 Å². The second kappa shape index (κ2) is 6.80. The lowest BCUT2D eigenvalue weighted by Gasteiger charge is -2.39. The average molecular weight is 361 g/mol. The van der Waals surface area contributed by atoms with Crippen LogP contribution in [-0.4, -0.2) is 24.7 Å². The zero-order chi connectivity index (χ0) is 15.4. The third kappa shape index (κ3) is 3.33. The fourth-order valence-corrected chi connectivity index (χ4v) is 3.45. The number of aryl methyl sites for hydroxylation is 1. The highest BCUT2D eigenvalue weighted by atomic mass is 79.9. The summed E-state index contributed by atoms with van der Waals surface area (Å²) >= 11 is 3.42. The third-order valence-corrected chi connectivity index (χ3v) is 4.97. The van der Waals surface area contributed by atoms with Gasteiger partial charge in [-0.1, -0.05) is 24.3 Å². The van der Waals surface area contributed by atoms with Gasteiger partial charge in [-0.05, 0) is 59.0 Å². The van der Waals surface area contributed by atoms with Crippen LogP contribution in [-0.2, 0) is 10.2 Å². The highest BCUT2D eigenvalue weighted by Gasteiger charge is 2.35. The van der Waals surface area contributed by atoms with Crippen LogP contribution in [0.3, 0.4) is 0 Å². The molecule has 1 aliphatic heterocycles. The first-order chi connectivity index (χ1) is 10.7. The van der Waals surface area contributed by atoms with Crippen molar-refractivity contribution in [2.45, 2.75) is 25.2 Å². The summed E-state index contributed by atoms with van der Waals surface area (Å²) in [4.78, 5) is 4.42. The van der Waals surface area contributed by atoms with Gasteiger partial charge < -0.3 is 10.1 Å². The number of halogens is 1. The number of ether oxygens (including phenoxy) is 1. The van der Waals surface area contributed by atoms with Gasteiger partial charge in [0.1, 0.15) is 5.82 Å². The van der Waals surface area contributed by atoms with Gasteiger partial charge in [-0.25, -0.2) is 4.98 Å². The molecule has 3 rings (SSSR count). The fraction of sp³-hybridized carbons (Fsp3) is 0.389. The number of nitrogens with zero attached hydrogens (tertiary/aromatic N) is 1. The number of aromatic nitrogens is 1. The van der Waals surface area contributed by atoms with E-state index in [4.69, 9.17) is 4.74 Å². The average Bonchev–Trinajstić information content (AvgIpc) is 2.56. The summed E-state index contributed by atoms with van der Waals surface area (Å²) in [5, 5.41) is 3.52. The zero-order valence-electron chi connectivity index (χ0n) is 12.8. The largest absolute Gasteiger partial charge is 0.381 e. The van der Waals surface area contributed by atoms with Crippen molar-refractivity contribution in [3.8, 4) is 0 Å². The van der Waals surface area contributed by atoms with Crippen LogP contribution < -0.4 is 5.32 Å². The molecular formula is C18H21BrN2O. The second-order valence-corrected chi connectivity index (χ2v) is 6.84. The van der Waals surface area contributed by atoms with Crippen molar-refractivity contribution in [1.29, 1.82) is 0 Å². The molecule has 0 radical (unpaired) electrons. The Morgan fingerprint density at radius 2 is 1.95 bits per heavy atom. The lowest BCUT2D eigenvalue weighted by molar-refractivity contribution is 0.0541. The highest BCUT2D eigenvalue weighted by Crippen LogP contribution is 2.36. The number of hydrogen-bond acceptors (Lipinski definition) is 3. The van der Waals surface area contributed by atoms with E-state index in [1.165, 1.54) is 11.1 Å². The molecule has 1 aromatic carbocycles. The summed E-state index contributed by atoms with van der Waals surface area (Å²) in [5.74, 6) is 0.919. The molecule has 0 bridgehead atoms. The maximum Gasteiger partial charge on any atom is 0.125 e. The molecular weight excluding hydrogens is 340 g/mol. The van der Waals surface area contributed by atoms with E-state index < -0.39 is 0 Å². The van der Waals surface area contributed by atoms with Crippen LogP contribution in [0.25, 0.3) is 0 Å². The predicted octanol–water partition coefficient (Wildman–Crippen LogP) is 4.31. The Morgan fingerprint density at radius 1 is 1.18 bits per heavy atom. The second-order valence-electron chi connectivity index (χ2n) is 5.92.